The van der Waals surface area contributed by atoms with Gasteiger partial charge in [-0.3, -0.25) is 9.69 Å². The number of anilines is 1. The van der Waals surface area contributed by atoms with Crippen LogP contribution in [0.1, 0.15) is 0 Å². The standard InChI is InChI=1S/C18H22N3O4/c1-24-15-5-4-6-16(13-15)25-14-18(22)20-11-9-19(10-12-20)17-7-2-3-8-21(17)23/h2-8,13,23H,9-12,14H2,1H3/q+1. The number of aromatic nitrogens is 1. The molecule has 0 saturated carbocycles. The zero-order chi connectivity index (χ0) is 17.6. The van der Waals surface area contributed by atoms with Crippen molar-refractivity contribution in [1.29, 1.82) is 0 Å². The normalized spacial score (nSPS) is 14.3. The fourth-order valence-corrected chi connectivity index (χ4v) is 2.79. The summed E-state index contributed by atoms with van der Waals surface area (Å²) in [5.41, 5.74) is 0. The summed E-state index contributed by atoms with van der Waals surface area (Å²) in [6, 6.07) is 12.7. The van der Waals surface area contributed by atoms with Crippen molar-refractivity contribution in [2.45, 2.75) is 0 Å². The highest BCUT2D eigenvalue weighted by molar-refractivity contribution is 5.78. The van der Waals surface area contributed by atoms with Gasteiger partial charge in [-0.15, -0.1) is 0 Å². The highest BCUT2D eigenvalue weighted by Crippen LogP contribution is 2.19. The first-order chi connectivity index (χ1) is 12.2. The maximum Gasteiger partial charge on any atom is 0.316 e. The van der Waals surface area contributed by atoms with Crippen molar-refractivity contribution in [3.8, 4) is 11.5 Å². The van der Waals surface area contributed by atoms with E-state index >= 15 is 0 Å². The molecule has 1 aromatic heterocycles. The predicted octanol–water partition coefficient (Wildman–Crippen LogP) is 0.948. The Morgan fingerprint density at radius 3 is 2.60 bits per heavy atom. The number of hydrogen-bond acceptors (Lipinski definition) is 5. The number of nitrogens with zero attached hydrogens (tertiary/aromatic N) is 3. The van der Waals surface area contributed by atoms with Crippen molar-refractivity contribution < 1.29 is 24.2 Å². The van der Waals surface area contributed by atoms with E-state index in [1.54, 1.807) is 36.4 Å². The van der Waals surface area contributed by atoms with Crippen LogP contribution in [0.5, 0.6) is 11.5 Å². The van der Waals surface area contributed by atoms with Crippen LogP contribution in [0.2, 0.25) is 0 Å². The lowest BCUT2D eigenvalue weighted by molar-refractivity contribution is -0.894. The summed E-state index contributed by atoms with van der Waals surface area (Å²) in [6.45, 7) is 2.51. The number of rotatable bonds is 5. The molecule has 7 heteroatoms. The molecule has 0 unspecified atom stereocenters. The van der Waals surface area contributed by atoms with Crippen molar-refractivity contribution in [2.24, 2.45) is 0 Å². The van der Waals surface area contributed by atoms with Gasteiger partial charge in [0.25, 0.3) is 5.91 Å². The molecule has 2 aromatic rings. The van der Waals surface area contributed by atoms with Crippen LogP contribution in [-0.4, -0.2) is 55.9 Å². The van der Waals surface area contributed by atoms with Gasteiger partial charge in [-0.2, -0.15) is 0 Å². The third kappa shape index (κ3) is 4.12. The Labute approximate surface area is 146 Å². The molecule has 1 saturated heterocycles. The number of carbonyl (C=O) groups is 1. The SMILES string of the molecule is COc1cccc(OCC(=O)N2CCN(c3cccc[n+]3O)CC2)c1. The van der Waals surface area contributed by atoms with E-state index in [-0.39, 0.29) is 12.5 Å². The molecule has 3 rings (SSSR count). The van der Waals surface area contributed by atoms with Crippen LogP contribution in [-0.2, 0) is 4.79 Å². The Hall–Kier alpha value is -2.96. The molecule has 0 aliphatic carbocycles. The second kappa shape index (κ2) is 7.74. The first kappa shape index (κ1) is 16.9. The number of amides is 1. The molecule has 1 aromatic carbocycles. The number of pyridine rings is 1. The Morgan fingerprint density at radius 2 is 1.88 bits per heavy atom. The molecular formula is C18H22N3O4+. The number of methoxy groups -OCH3 is 1. The minimum absolute atomic E-state index is 0.00148. The lowest BCUT2D eigenvalue weighted by Gasteiger charge is -2.31. The topological polar surface area (TPSA) is 66.1 Å². The molecule has 1 N–H and O–H groups in total. The summed E-state index contributed by atoms with van der Waals surface area (Å²) in [5.74, 6) is 1.98. The fourth-order valence-electron chi connectivity index (χ4n) is 2.79. The largest absolute Gasteiger partial charge is 0.497 e. The maximum atomic E-state index is 12.3. The van der Waals surface area contributed by atoms with E-state index in [9.17, 15) is 10.0 Å². The summed E-state index contributed by atoms with van der Waals surface area (Å²) in [4.78, 5) is 16.2. The first-order valence-corrected chi connectivity index (χ1v) is 8.17. The van der Waals surface area contributed by atoms with E-state index < -0.39 is 0 Å². The molecule has 132 valence electrons. The molecule has 0 atom stereocenters. The van der Waals surface area contributed by atoms with Crippen LogP contribution in [0, 0.1) is 0 Å². The number of hydrogen-bond donors (Lipinski definition) is 1. The third-order valence-electron chi connectivity index (χ3n) is 4.18. The van der Waals surface area contributed by atoms with E-state index in [2.05, 4.69) is 0 Å². The second-order valence-electron chi connectivity index (χ2n) is 5.74. The second-order valence-corrected chi connectivity index (χ2v) is 5.74. The molecule has 1 amide bonds. The van der Waals surface area contributed by atoms with Crippen LogP contribution in [0.3, 0.4) is 0 Å². The minimum atomic E-state index is -0.0487. The van der Waals surface area contributed by atoms with Gasteiger partial charge in [0, 0.05) is 12.1 Å². The van der Waals surface area contributed by atoms with Gasteiger partial charge in [-0.05, 0) is 18.2 Å². The van der Waals surface area contributed by atoms with Gasteiger partial charge in [0.15, 0.2) is 6.61 Å². The number of benzene rings is 1. The lowest BCUT2D eigenvalue weighted by atomic mass is 10.3. The number of piperazine rings is 1. The third-order valence-corrected chi connectivity index (χ3v) is 4.18. The Bertz CT molecular complexity index is 730. The van der Waals surface area contributed by atoms with Gasteiger partial charge in [0.2, 0.25) is 0 Å². The summed E-state index contributed by atoms with van der Waals surface area (Å²) in [5, 5.41) is 9.86. The van der Waals surface area contributed by atoms with Crippen LogP contribution >= 0.6 is 0 Å². The zero-order valence-electron chi connectivity index (χ0n) is 14.2. The Kier molecular flexibility index (Phi) is 5.23. The molecular weight excluding hydrogens is 322 g/mol. The monoisotopic (exact) mass is 344 g/mol. The van der Waals surface area contributed by atoms with Gasteiger partial charge in [-0.25, -0.2) is 0 Å². The van der Waals surface area contributed by atoms with Gasteiger partial charge in [0.1, 0.15) is 30.8 Å². The highest BCUT2D eigenvalue weighted by atomic mass is 16.5. The molecule has 1 fully saturated rings. The molecule has 7 nitrogen and oxygen atoms in total. The average Bonchev–Trinajstić information content (AvgIpc) is 2.67. The van der Waals surface area contributed by atoms with E-state index in [0.717, 1.165) is 10.5 Å². The van der Waals surface area contributed by atoms with Crippen LogP contribution in [0.4, 0.5) is 5.82 Å². The molecule has 0 spiro atoms. The van der Waals surface area contributed by atoms with E-state index in [1.807, 2.05) is 29.2 Å². The smallest absolute Gasteiger partial charge is 0.316 e. The van der Waals surface area contributed by atoms with Crippen LogP contribution in [0.25, 0.3) is 0 Å². The van der Waals surface area contributed by atoms with Crippen molar-refractivity contribution in [3.63, 3.8) is 0 Å². The van der Waals surface area contributed by atoms with Crippen molar-refractivity contribution in [2.75, 3.05) is 44.8 Å². The van der Waals surface area contributed by atoms with Gasteiger partial charge in [-0.1, -0.05) is 16.9 Å². The number of carbonyl (C=O) groups excluding carboxylic acids is 1. The molecule has 2 heterocycles. The van der Waals surface area contributed by atoms with E-state index in [1.165, 1.54) is 0 Å². The van der Waals surface area contributed by atoms with Crippen LogP contribution in [0.15, 0.2) is 48.7 Å². The summed E-state index contributed by atoms with van der Waals surface area (Å²) in [6.07, 6.45) is 1.59. The Balaban J connectivity index is 1.50. The van der Waals surface area contributed by atoms with Crippen molar-refractivity contribution in [1.82, 2.24) is 4.90 Å². The van der Waals surface area contributed by atoms with Gasteiger partial charge in [0.05, 0.1) is 20.2 Å². The fraction of sp³-hybridized carbons (Fsp3) is 0.333. The van der Waals surface area contributed by atoms with Crippen LogP contribution < -0.4 is 19.1 Å². The average molecular weight is 344 g/mol. The molecule has 0 radical (unpaired) electrons. The Morgan fingerprint density at radius 1 is 1.12 bits per heavy atom. The molecule has 25 heavy (non-hydrogen) atoms. The summed E-state index contributed by atoms with van der Waals surface area (Å²) in [7, 11) is 1.59. The number of ether oxygens (including phenoxy) is 2. The molecule has 1 aliphatic rings. The highest BCUT2D eigenvalue weighted by Gasteiger charge is 2.27. The van der Waals surface area contributed by atoms with Crippen molar-refractivity contribution in [3.05, 3.63) is 48.7 Å². The van der Waals surface area contributed by atoms with Gasteiger partial charge < -0.3 is 19.6 Å². The molecule has 1 aliphatic heterocycles. The predicted molar refractivity (Wildman–Crippen MR) is 91.1 cm³/mol. The lowest BCUT2D eigenvalue weighted by Crippen LogP contribution is -2.53. The van der Waals surface area contributed by atoms with E-state index in [4.69, 9.17) is 9.47 Å². The minimum Gasteiger partial charge on any atom is -0.497 e. The first-order valence-electron chi connectivity index (χ1n) is 8.17. The maximum absolute atomic E-state index is 12.3. The van der Waals surface area contributed by atoms with Gasteiger partial charge >= 0.3 is 5.82 Å². The van der Waals surface area contributed by atoms with Crippen molar-refractivity contribution >= 4 is 11.7 Å². The quantitative estimate of drug-likeness (QED) is 0.646. The zero-order valence-corrected chi connectivity index (χ0v) is 14.2. The summed E-state index contributed by atoms with van der Waals surface area (Å²) < 4.78 is 11.8. The summed E-state index contributed by atoms with van der Waals surface area (Å²) >= 11 is 0. The molecule has 0 bridgehead atoms. The van der Waals surface area contributed by atoms with E-state index in [0.29, 0.717) is 37.7 Å².